The Kier molecular flexibility index (Phi) is 5.17. The maximum atomic E-state index is 11.9. The van der Waals surface area contributed by atoms with Crippen LogP contribution in [0, 0.1) is 11.3 Å². The van der Waals surface area contributed by atoms with Gasteiger partial charge in [-0.2, -0.15) is 5.26 Å². The second-order valence-electron chi connectivity index (χ2n) is 4.58. The number of amides is 1. The van der Waals surface area contributed by atoms with Crippen LogP contribution in [-0.4, -0.2) is 36.6 Å². The highest BCUT2D eigenvalue weighted by molar-refractivity contribution is 5.98. The largest absolute Gasteiger partial charge is 0.379 e. The van der Waals surface area contributed by atoms with E-state index in [1.165, 1.54) is 0 Å². The molecule has 1 heterocycles. The van der Waals surface area contributed by atoms with E-state index in [9.17, 15) is 4.79 Å². The summed E-state index contributed by atoms with van der Waals surface area (Å²) in [5.74, 6) is -0.124. The molecule has 0 bridgehead atoms. The Morgan fingerprint density at radius 1 is 1.53 bits per heavy atom. The van der Waals surface area contributed by atoms with Crippen LogP contribution in [-0.2, 0) is 9.53 Å². The molecular weight excluding hydrogens is 216 g/mol. The highest BCUT2D eigenvalue weighted by Crippen LogP contribution is 2.18. The molecule has 1 amide bonds. The van der Waals surface area contributed by atoms with E-state index < -0.39 is 0 Å². The summed E-state index contributed by atoms with van der Waals surface area (Å²) in [6.45, 7) is 7.89. The summed E-state index contributed by atoms with van der Waals surface area (Å²) in [4.78, 5) is 13.6. The minimum Gasteiger partial charge on any atom is -0.379 e. The predicted molar refractivity (Wildman–Crippen MR) is 65.2 cm³/mol. The molecule has 1 aliphatic heterocycles. The van der Waals surface area contributed by atoms with Gasteiger partial charge in [-0.05, 0) is 39.2 Å². The minimum absolute atomic E-state index is 0.124. The molecule has 0 radical (unpaired) electrons. The van der Waals surface area contributed by atoms with Crippen molar-refractivity contribution in [1.29, 1.82) is 5.26 Å². The van der Waals surface area contributed by atoms with Crippen molar-refractivity contribution in [2.24, 2.45) is 0 Å². The summed E-state index contributed by atoms with van der Waals surface area (Å²) < 4.78 is 5.43. The maximum Gasteiger partial charge on any atom is 0.264 e. The fraction of sp³-hybridized carbons (Fsp3) is 0.692. The first-order valence-electron chi connectivity index (χ1n) is 6.07. The van der Waals surface area contributed by atoms with Gasteiger partial charge in [0.2, 0.25) is 0 Å². The van der Waals surface area contributed by atoms with E-state index >= 15 is 0 Å². The molecule has 1 rings (SSSR count). The van der Waals surface area contributed by atoms with Crippen LogP contribution < -0.4 is 0 Å². The number of nitrogens with zero attached hydrogens (tertiary/aromatic N) is 2. The molecule has 0 fully saturated rings. The number of rotatable bonds is 5. The first kappa shape index (κ1) is 13.7. The fourth-order valence-corrected chi connectivity index (χ4v) is 1.80. The maximum absolute atomic E-state index is 11.9. The third-order valence-corrected chi connectivity index (χ3v) is 2.82. The number of carbonyl (C=O) groups is 1. The predicted octanol–water partition coefficient (Wildman–Crippen LogP) is 1.87. The average Bonchev–Trinajstić information content (AvgIpc) is 2.27. The zero-order valence-corrected chi connectivity index (χ0v) is 10.8. The molecule has 0 saturated carbocycles. The normalized spacial score (nSPS) is 16.6. The number of nitriles is 1. The number of hydrogen-bond acceptors (Lipinski definition) is 3. The molecule has 4 heteroatoms. The molecule has 0 saturated heterocycles. The second kappa shape index (κ2) is 6.41. The summed E-state index contributed by atoms with van der Waals surface area (Å²) in [5, 5.41) is 8.91. The van der Waals surface area contributed by atoms with Gasteiger partial charge in [0.1, 0.15) is 11.6 Å². The van der Waals surface area contributed by atoms with E-state index in [0.717, 1.165) is 25.0 Å². The van der Waals surface area contributed by atoms with E-state index in [0.29, 0.717) is 18.7 Å². The lowest BCUT2D eigenvalue weighted by Crippen LogP contribution is -2.37. The van der Waals surface area contributed by atoms with Crippen LogP contribution in [0.4, 0.5) is 0 Å². The standard InChI is InChI=1S/C13H20N2O2/c1-10(2)17-8-4-6-15-7-5-11(3)12(9-14)13(15)16/h10H,4-8H2,1-3H3. The van der Waals surface area contributed by atoms with E-state index in [1.807, 2.05) is 26.8 Å². The molecule has 4 nitrogen and oxygen atoms in total. The molecule has 1 aliphatic rings. The Hall–Kier alpha value is -1.34. The van der Waals surface area contributed by atoms with E-state index in [1.54, 1.807) is 4.90 Å². The van der Waals surface area contributed by atoms with Gasteiger partial charge in [0.05, 0.1) is 6.10 Å². The summed E-state index contributed by atoms with van der Waals surface area (Å²) in [6, 6.07) is 2.00. The number of carbonyl (C=O) groups excluding carboxylic acids is 1. The van der Waals surface area contributed by atoms with Crippen LogP contribution in [0.15, 0.2) is 11.1 Å². The quantitative estimate of drug-likeness (QED) is 0.685. The van der Waals surface area contributed by atoms with Crippen molar-refractivity contribution in [2.45, 2.75) is 39.7 Å². The lowest BCUT2D eigenvalue weighted by atomic mass is 10.0. The van der Waals surface area contributed by atoms with Crippen LogP contribution in [0.25, 0.3) is 0 Å². The smallest absolute Gasteiger partial charge is 0.264 e. The van der Waals surface area contributed by atoms with E-state index in [4.69, 9.17) is 10.00 Å². The van der Waals surface area contributed by atoms with Crippen LogP contribution in [0.1, 0.15) is 33.6 Å². The zero-order valence-electron chi connectivity index (χ0n) is 10.8. The Morgan fingerprint density at radius 2 is 2.24 bits per heavy atom. The first-order valence-corrected chi connectivity index (χ1v) is 6.07. The SMILES string of the molecule is CC1=C(C#N)C(=O)N(CCCOC(C)C)CC1. The van der Waals surface area contributed by atoms with Crippen LogP contribution in [0.5, 0.6) is 0 Å². The highest BCUT2D eigenvalue weighted by Gasteiger charge is 2.24. The van der Waals surface area contributed by atoms with Gasteiger partial charge in [-0.25, -0.2) is 0 Å². The Labute approximate surface area is 103 Å². The molecule has 0 aromatic carbocycles. The minimum atomic E-state index is -0.124. The van der Waals surface area contributed by atoms with Crippen molar-refractivity contribution in [3.05, 3.63) is 11.1 Å². The zero-order chi connectivity index (χ0) is 12.8. The van der Waals surface area contributed by atoms with Crippen molar-refractivity contribution < 1.29 is 9.53 Å². The molecule has 0 N–H and O–H groups in total. The van der Waals surface area contributed by atoms with Gasteiger partial charge in [0.15, 0.2) is 0 Å². The first-order chi connectivity index (χ1) is 8.06. The van der Waals surface area contributed by atoms with Gasteiger partial charge < -0.3 is 9.64 Å². The van der Waals surface area contributed by atoms with Crippen molar-refractivity contribution in [3.63, 3.8) is 0 Å². The van der Waals surface area contributed by atoms with E-state index in [-0.39, 0.29) is 12.0 Å². The lowest BCUT2D eigenvalue weighted by Gasteiger charge is -2.27. The molecular formula is C13H20N2O2. The number of ether oxygens (including phenoxy) is 1. The second-order valence-corrected chi connectivity index (χ2v) is 4.58. The van der Waals surface area contributed by atoms with E-state index in [2.05, 4.69) is 0 Å². The number of hydrogen-bond donors (Lipinski definition) is 0. The Bertz CT molecular complexity index is 353. The Balaban J connectivity index is 2.42. The molecule has 17 heavy (non-hydrogen) atoms. The molecule has 0 aromatic heterocycles. The van der Waals surface area contributed by atoms with Gasteiger partial charge in [-0.3, -0.25) is 4.79 Å². The van der Waals surface area contributed by atoms with Crippen LogP contribution in [0.3, 0.4) is 0 Å². The van der Waals surface area contributed by atoms with Gasteiger partial charge in [-0.15, -0.1) is 0 Å². The van der Waals surface area contributed by atoms with Crippen molar-refractivity contribution in [1.82, 2.24) is 4.90 Å². The summed E-state index contributed by atoms with van der Waals surface area (Å²) in [6.07, 6.45) is 1.85. The summed E-state index contributed by atoms with van der Waals surface area (Å²) in [7, 11) is 0. The van der Waals surface area contributed by atoms with Crippen LogP contribution >= 0.6 is 0 Å². The molecule has 0 aromatic rings. The third-order valence-electron chi connectivity index (χ3n) is 2.82. The lowest BCUT2D eigenvalue weighted by molar-refractivity contribution is -0.127. The molecule has 0 aliphatic carbocycles. The molecule has 0 unspecified atom stereocenters. The topological polar surface area (TPSA) is 53.3 Å². The van der Waals surface area contributed by atoms with Gasteiger partial charge >= 0.3 is 0 Å². The summed E-state index contributed by atoms with van der Waals surface area (Å²) >= 11 is 0. The monoisotopic (exact) mass is 236 g/mol. The molecule has 0 spiro atoms. The summed E-state index contributed by atoms with van der Waals surface area (Å²) in [5.41, 5.74) is 1.23. The highest BCUT2D eigenvalue weighted by atomic mass is 16.5. The molecule has 0 atom stereocenters. The van der Waals surface area contributed by atoms with Gasteiger partial charge in [-0.1, -0.05) is 0 Å². The fourth-order valence-electron chi connectivity index (χ4n) is 1.80. The van der Waals surface area contributed by atoms with Crippen molar-refractivity contribution >= 4 is 5.91 Å². The van der Waals surface area contributed by atoms with Gasteiger partial charge in [0, 0.05) is 19.7 Å². The van der Waals surface area contributed by atoms with Gasteiger partial charge in [0.25, 0.3) is 5.91 Å². The van der Waals surface area contributed by atoms with Crippen LogP contribution in [0.2, 0.25) is 0 Å². The molecule has 94 valence electrons. The van der Waals surface area contributed by atoms with Crippen molar-refractivity contribution in [3.8, 4) is 6.07 Å². The third kappa shape index (κ3) is 3.86. The Morgan fingerprint density at radius 3 is 2.82 bits per heavy atom. The van der Waals surface area contributed by atoms with Crippen molar-refractivity contribution in [2.75, 3.05) is 19.7 Å². The average molecular weight is 236 g/mol.